The molecule has 0 aliphatic carbocycles. The van der Waals surface area contributed by atoms with Gasteiger partial charge in [0.2, 0.25) is 0 Å². The fourth-order valence-electron chi connectivity index (χ4n) is 1.27. The van der Waals surface area contributed by atoms with Gasteiger partial charge in [0.1, 0.15) is 6.54 Å². The van der Waals surface area contributed by atoms with Gasteiger partial charge in [-0.25, -0.2) is 9.59 Å². The van der Waals surface area contributed by atoms with E-state index in [4.69, 9.17) is 0 Å². The molecule has 1 heterocycles. The molecule has 1 aromatic rings. The molecule has 118 valence electrons. The molecule has 0 radical (unpaired) electrons. The summed E-state index contributed by atoms with van der Waals surface area (Å²) in [4.78, 5) is 58.0. The number of esters is 1. The molecular formula is C12H14N4O6. The molecule has 0 saturated heterocycles. The third-order valence-electron chi connectivity index (χ3n) is 2.22. The standard InChI is InChI=1S/C12H14N4O6/c1-2-4-13-11(20)14-9(18)7-22-10(19)6-16-5-3-8(17)15-12(16)21/h2-3,5H,1,4,6-7H2,(H,15,17,21)(H2,13,14,18,20). The van der Waals surface area contributed by atoms with Crippen molar-refractivity contribution in [3.63, 3.8) is 0 Å². The van der Waals surface area contributed by atoms with Gasteiger partial charge in [0.25, 0.3) is 11.5 Å². The summed E-state index contributed by atoms with van der Waals surface area (Å²) >= 11 is 0. The van der Waals surface area contributed by atoms with Crippen LogP contribution in [0.3, 0.4) is 0 Å². The summed E-state index contributed by atoms with van der Waals surface area (Å²) in [6.07, 6.45) is 2.54. The number of carbonyl (C=O) groups is 3. The molecular weight excluding hydrogens is 296 g/mol. The molecule has 0 aliphatic heterocycles. The molecule has 10 nitrogen and oxygen atoms in total. The monoisotopic (exact) mass is 310 g/mol. The molecule has 0 fully saturated rings. The lowest BCUT2D eigenvalue weighted by Crippen LogP contribution is -2.41. The number of urea groups is 1. The number of nitrogens with one attached hydrogen (secondary N) is 3. The zero-order chi connectivity index (χ0) is 16.5. The minimum atomic E-state index is -0.879. The molecule has 0 saturated carbocycles. The first-order valence-corrected chi connectivity index (χ1v) is 6.06. The number of aromatic amines is 1. The van der Waals surface area contributed by atoms with E-state index in [1.807, 2.05) is 10.3 Å². The Hall–Kier alpha value is -3.17. The van der Waals surface area contributed by atoms with E-state index in [1.165, 1.54) is 6.08 Å². The van der Waals surface area contributed by atoms with E-state index < -0.39 is 42.3 Å². The van der Waals surface area contributed by atoms with Crippen molar-refractivity contribution in [1.29, 1.82) is 0 Å². The first-order valence-electron chi connectivity index (χ1n) is 6.06. The Balaban J connectivity index is 2.41. The van der Waals surface area contributed by atoms with Crippen LogP contribution < -0.4 is 21.9 Å². The molecule has 0 aromatic carbocycles. The SMILES string of the molecule is C=CCNC(=O)NC(=O)COC(=O)Cn1ccc(=O)[nH]c1=O. The summed E-state index contributed by atoms with van der Waals surface area (Å²) in [6, 6.07) is 0.309. The quantitative estimate of drug-likeness (QED) is 0.414. The zero-order valence-corrected chi connectivity index (χ0v) is 11.5. The molecule has 3 N–H and O–H groups in total. The molecule has 22 heavy (non-hydrogen) atoms. The Bertz CT molecular complexity index is 689. The highest BCUT2D eigenvalue weighted by atomic mass is 16.5. The maximum absolute atomic E-state index is 11.4. The molecule has 0 spiro atoms. The molecule has 10 heteroatoms. The van der Waals surface area contributed by atoms with Gasteiger partial charge < -0.3 is 10.1 Å². The third kappa shape index (κ3) is 5.86. The number of hydrogen-bond acceptors (Lipinski definition) is 6. The third-order valence-corrected chi connectivity index (χ3v) is 2.22. The first-order chi connectivity index (χ1) is 10.4. The largest absolute Gasteiger partial charge is 0.454 e. The topological polar surface area (TPSA) is 139 Å². The number of aromatic nitrogens is 2. The molecule has 0 aliphatic rings. The van der Waals surface area contributed by atoms with Crippen molar-refractivity contribution in [1.82, 2.24) is 20.2 Å². The number of rotatable bonds is 6. The van der Waals surface area contributed by atoms with E-state index >= 15 is 0 Å². The minimum absolute atomic E-state index is 0.175. The second-order valence-electron chi connectivity index (χ2n) is 3.95. The summed E-state index contributed by atoms with van der Waals surface area (Å²) in [5, 5.41) is 4.22. The number of hydrogen-bond donors (Lipinski definition) is 3. The Morgan fingerprint density at radius 3 is 2.73 bits per heavy atom. The highest BCUT2D eigenvalue weighted by Crippen LogP contribution is 1.84. The lowest BCUT2D eigenvalue weighted by atomic mass is 10.5. The Morgan fingerprint density at radius 1 is 1.36 bits per heavy atom. The number of ether oxygens (including phenoxy) is 1. The normalized spacial score (nSPS) is 9.64. The van der Waals surface area contributed by atoms with Crippen molar-refractivity contribution in [2.75, 3.05) is 13.2 Å². The Morgan fingerprint density at radius 2 is 2.09 bits per heavy atom. The van der Waals surface area contributed by atoms with Crippen molar-refractivity contribution in [3.8, 4) is 0 Å². The summed E-state index contributed by atoms with van der Waals surface area (Å²) in [6.45, 7) is 2.39. The fraction of sp³-hybridized carbons (Fsp3) is 0.250. The summed E-state index contributed by atoms with van der Waals surface area (Å²) in [5.74, 6) is -1.71. The fourth-order valence-corrected chi connectivity index (χ4v) is 1.27. The van der Waals surface area contributed by atoms with Crippen LogP contribution >= 0.6 is 0 Å². The van der Waals surface area contributed by atoms with Gasteiger partial charge in [-0.1, -0.05) is 6.08 Å². The van der Waals surface area contributed by atoms with E-state index in [2.05, 4.69) is 16.6 Å². The first kappa shape index (κ1) is 16.9. The van der Waals surface area contributed by atoms with Crippen molar-refractivity contribution >= 4 is 17.9 Å². The number of amides is 3. The van der Waals surface area contributed by atoms with E-state index in [9.17, 15) is 24.0 Å². The van der Waals surface area contributed by atoms with Crippen LogP contribution in [-0.2, 0) is 20.9 Å². The summed E-state index contributed by atoms with van der Waals surface area (Å²) < 4.78 is 5.50. The minimum Gasteiger partial charge on any atom is -0.454 e. The Labute approximate surface area is 123 Å². The smallest absolute Gasteiger partial charge is 0.328 e. The van der Waals surface area contributed by atoms with Gasteiger partial charge in [-0.2, -0.15) is 0 Å². The number of nitrogens with zero attached hydrogens (tertiary/aromatic N) is 1. The van der Waals surface area contributed by atoms with Crippen LogP contribution in [0.4, 0.5) is 4.79 Å². The van der Waals surface area contributed by atoms with Gasteiger partial charge in [-0.15, -0.1) is 6.58 Å². The van der Waals surface area contributed by atoms with Crippen molar-refractivity contribution in [3.05, 3.63) is 45.8 Å². The summed E-state index contributed by atoms with van der Waals surface area (Å²) in [5.41, 5.74) is -1.38. The van der Waals surface area contributed by atoms with E-state index in [-0.39, 0.29) is 6.54 Å². The highest BCUT2D eigenvalue weighted by molar-refractivity contribution is 5.95. The lowest BCUT2D eigenvalue weighted by molar-refractivity contribution is -0.148. The van der Waals surface area contributed by atoms with Crippen LogP contribution in [0.15, 0.2) is 34.5 Å². The molecule has 0 bridgehead atoms. The second kappa shape index (κ2) is 8.19. The maximum Gasteiger partial charge on any atom is 0.328 e. The molecule has 1 aromatic heterocycles. The van der Waals surface area contributed by atoms with Gasteiger partial charge >= 0.3 is 17.7 Å². The molecule has 3 amide bonds. The molecule has 1 rings (SSSR count). The zero-order valence-electron chi connectivity index (χ0n) is 11.5. The van der Waals surface area contributed by atoms with Crippen LogP contribution in [0.1, 0.15) is 0 Å². The predicted molar refractivity (Wildman–Crippen MR) is 74.0 cm³/mol. The average molecular weight is 310 g/mol. The van der Waals surface area contributed by atoms with Crippen molar-refractivity contribution < 1.29 is 19.1 Å². The molecule has 0 unspecified atom stereocenters. The average Bonchev–Trinajstić information content (AvgIpc) is 2.46. The lowest BCUT2D eigenvalue weighted by Gasteiger charge is -2.07. The maximum atomic E-state index is 11.4. The summed E-state index contributed by atoms with van der Waals surface area (Å²) in [7, 11) is 0. The Kier molecular flexibility index (Phi) is 6.29. The van der Waals surface area contributed by atoms with Crippen LogP contribution in [0.25, 0.3) is 0 Å². The highest BCUT2D eigenvalue weighted by Gasteiger charge is 2.11. The number of imide groups is 1. The number of carbonyl (C=O) groups excluding carboxylic acids is 3. The van der Waals surface area contributed by atoms with Gasteiger partial charge in [-0.3, -0.25) is 29.3 Å². The van der Waals surface area contributed by atoms with E-state index in [0.29, 0.717) is 0 Å². The predicted octanol–water partition coefficient (Wildman–Crippen LogP) is -1.91. The van der Waals surface area contributed by atoms with Gasteiger partial charge in [-0.05, 0) is 0 Å². The van der Waals surface area contributed by atoms with Crippen molar-refractivity contribution in [2.24, 2.45) is 0 Å². The van der Waals surface area contributed by atoms with Gasteiger partial charge in [0.15, 0.2) is 6.61 Å². The van der Waals surface area contributed by atoms with E-state index in [0.717, 1.165) is 16.8 Å². The number of H-pyrrole nitrogens is 1. The van der Waals surface area contributed by atoms with Gasteiger partial charge in [0.05, 0.1) is 0 Å². The van der Waals surface area contributed by atoms with Gasteiger partial charge in [0, 0.05) is 18.8 Å². The second-order valence-corrected chi connectivity index (χ2v) is 3.95. The van der Waals surface area contributed by atoms with Crippen LogP contribution in [0.5, 0.6) is 0 Å². The van der Waals surface area contributed by atoms with Crippen LogP contribution in [0, 0.1) is 0 Å². The van der Waals surface area contributed by atoms with Crippen LogP contribution in [-0.4, -0.2) is 40.6 Å². The van der Waals surface area contributed by atoms with Crippen LogP contribution in [0.2, 0.25) is 0 Å². The molecule has 0 atom stereocenters. The van der Waals surface area contributed by atoms with Crippen molar-refractivity contribution in [2.45, 2.75) is 6.54 Å². The van der Waals surface area contributed by atoms with E-state index in [1.54, 1.807) is 0 Å².